The molecule has 0 spiro atoms. The molecule has 2 aliphatic rings. The molecule has 1 aliphatic heterocycles. The van der Waals surface area contributed by atoms with Crippen molar-refractivity contribution in [2.75, 3.05) is 19.6 Å². The first-order valence-corrected chi connectivity index (χ1v) is 11.2. The van der Waals surface area contributed by atoms with Gasteiger partial charge in [0.15, 0.2) is 0 Å². The number of nitrogens with zero attached hydrogens (tertiary/aromatic N) is 1. The van der Waals surface area contributed by atoms with Gasteiger partial charge in [0.05, 0.1) is 5.56 Å². The minimum atomic E-state index is -0.494. The Kier molecular flexibility index (Phi) is 6.54. The third-order valence-electron chi connectivity index (χ3n) is 6.76. The number of halogens is 1. The first-order valence-electron chi connectivity index (χ1n) is 11.2. The fourth-order valence-corrected chi connectivity index (χ4v) is 4.93. The Morgan fingerprint density at radius 1 is 0.968 bits per heavy atom. The van der Waals surface area contributed by atoms with E-state index in [0.29, 0.717) is 32.5 Å². The number of hydrogen-bond donors (Lipinski definition) is 2. The number of benzene rings is 2. The zero-order valence-corrected chi connectivity index (χ0v) is 17.8. The summed E-state index contributed by atoms with van der Waals surface area (Å²) in [6, 6.07) is 16.4. The zero-order valence-electron chi connectivity index (χ0n) is 17.8. The summed E-state index contributed by atoms with van der Waals surface area (Å²) in [6.07, 6.45) is 5.88. The van der Waals surface area contributed by atoms with Gasteiger partial charge in [0.1, 0.15) is 5.82 Å². The minimum absolute atomic E-state index is 0.0147. The van der Waals surface area contributed by atoms with Crippen LogP contribution in [0, 0.1) is 5.82 Å². The Morgan fingerprint density at radius 2 is 1.61 bits per heavy atom. The van der Waals surface area contributed by atoms with Crippen LogP contribution in [0.5, 0.6) is 0 Å². The van der Waals surface area contributed by atoms with Crippen LogP contribution in [0.4, 0.5) is 9.18 Å². The van der Waals surface area contributed by atoms with Crippen molar-refractivity contribution in [1.82, 2.24) is 15.5 Å². The third kappa shape index (κ3) is 4.89. The molecule has 2 fully saturated rings. The van der Waals surface area contributed by atoms with Crippen LogP contribution in [0.15, 0.2) is 54.6 Å². The van der Waals surface area contributed by atoms with Crippen LogP contribution < -0.4 is 10.6 Å². The SMILES string of the molecule is O=C(NCC1(c2ccccc2)CCCC1)NC1CCN(C(=O)c2ccccc2F)CC1. The summed E-state index contributed by atoms with van der Waals surface area (Å²) >= 11 is 0. The summed E-state index contributed by atoms with van der Waals surface area (Å²) in [5.74, 6) is -0.779. The maximum absolute atomic E-state index is 13.9. The number of likely N-dealkylation sites (tertiary alicyclic amines) is 1. The second kappa shape index (κ2) is 9.50. The van der Waals surface area contributed by atoms with E-state index in [1.54, 1.807) is 17.0 Å². The molecule has 2 aromatic carbocycles. The van der Waals surface area contributed by atoms with Crippen LogP contribution in [-0.4, -0.2) is 42.5 Å². The van der Waals surface area contributed by atoms with Gasteiger partial charge in [-0.1, -0.05) is 55.3 Å². The molecule has 4 rings (SSSR count). The average Bonchev–Trinajstić information content (AvgIpc) is 3.29. The lowest BCUT2D eigenvalue weighted by Crippen LogP contribution is -2.51. The molecule has 0 aromatic heterocycles. The molecule has 0 atom stereocenters. The summed E-state index contributed by atoms with van der Waals surface area (Å²) in [5.41, 5.74) is 1.43. The van der Waals surface area contributed by atoms with Gasteiger partial charge in [-0.25, -0.2) is 9.18 Å². The van der Waals surface area contributed by atoms with Crippen LogP contribution in [0.1, 0.15) is 54.4 Å². The van der Waals surface area contributed by atoms with Crippen LogP contribution >= 0.6 is 0 Å². The lowest BCUT2D eigenvalue weighted by Gasteiger charge is -2.33. The van der Waals surface area contributed by atoms with E-state index in [2.05, 4.69) is 34.9 Å². The highest BCUT2D eigenvalue weighted by atomic mass is 19.1. The minimum Gasteiger partial charge on any atom is -0.338 e. The molecule has 1 aliphatic carbocycles. The lowest BCUT2D eigenvalue weighted by molar-refractivity contribution is 0.0703. The molecule has 0 radical (unpaired) electrons. The number of piperidine rings is 1. The highest BCUT2D eigenvalue weighted by Gasteiger charge is 2.36. The molecular formula is C25H30FN3O2. The molecule has 6 heteroatoms. The number of hydrogen-bond acceptors (Lipinski definition) is 2. The van der Waals surface area contributed by atoms with Gasteiger partial charge in [0, 0.05) is 31.1 Å². The first kappa shape index (κ1) is 21.3. The van der Waals surface area contributed by atoms with Crippen LogP contribution in [0.2, 0.25) is 0 Å². The number of carbonyl (C=O) groups excluding carboxylic acids is 2. The molecule has 1 saturated heterocycles. The van der Waals surface area contributed by atoms with Gasteiger partial charge in [0.2, 0.25) is 0 Å². The van der Waals surface area contributed by atoms with Crippen molar-refractivity contribution in [1.29, 1.82) is 0 Å². The molecule has 5 nitrogen and oxygen atoms in total. The van der Waals surface area contributed by atoms with Crippen molar-refractivity contribution in [2.45, 2.75) is 50.0 Å². The number of carbonyl (C=O) groups is 2. The zero-order chi connectivity index (χ0) is 21.7. The van der Waals surface area contributed by atoms with E-state index in [0.717, 1.165) is 12.8 Å². The standard InChI is InChI=1S/C25H30FN3O2/c26-22-11-5-4-10-21(22)23(30)29-16-12-20(13-17-29)28-24(31)27-18-25(14-6-7-15-25)19-8-2-1-3-9-19/h1-5,8-11,20H,6-7,12-18H2,(H2,27,28,31). The number of amides is 3. The van der Waals surface area contributed by atoms with Gasteiger partial charge >= 0.3 is 6.03 Å². The summed E-state index contributed by atoms with van der Waals surface area (Å²) in [6.45, 7) is 1.64. The Hall–Kier alpha value is -2.89. The van der Waals surface area contributed by atoms with E-state index in [9.17, 15) is 14.0 Å². The van der Waals surface area contributed by atoms with Crippen molar-refractivity contribution in [2.24, 2.45) is 0 Å². The van der Waals surface area contributed by atoms with Gasteiger partial charge in [-0.15, -0.1) is 0 Å². The van der Waals surface area contributed by atoms with Crippen molar-refractivity contribution in [3.63, 3.8) is 0 Å². The molecule has 3 amide bonds. The number of rotatable bonds is 5. The Morgan fingerprint density at radius 3 is 2.29 bits per heavy atom. The fourth-order valence-electron chi connectivity index (χ4n) is 4.93. The van der Waals surface area contributed by atoms with Crippen molar-refractivity contribution in [3.8, 4) is 0 Å². The number of nitrogens with one attached hydrogen (secondary N) is 2. The molecule has 0 unspecified atom stereocenters. The van der Waals surface area contributed by atoms with Crippen LogP contribution in [0.3, 0.4) is 0 Å². The lowest BCUT2D eigenvalue weighted by atomic mass is 9.79. The maximum Gasteiger partial charge on any atom is 0.315 e. The maximum atomic E-state index is 13.9. The van der Waals surface area contributed by atoms with E-state index in [1.165, 1.54) is 30.5 Å². The second-order valence-electron chi connectivity index (χ2n) is 8.73. The van der Waals surface area contributed by atoms with Crippen LogP contribution in [-0.2, 0) is 5.41 Å². The molecule has 1 saturated carbocycles. The summed E-state index contributed by atoms with van der Waals surface area (Å²) in [4.78, 5) is 26.8. The number of urea groups is 1. The van der Waals surface area contributed by atoms with Gasteiger partial charge in [-0.05, 0) is 43.4 Å². The molecular weight excluding hydrogens is 393 g/mol. The topological polar surface area (TPSA) is 61.4 Å². The molecule has 31 heavy (non-hydrogen) atoms. The fraction of sp³-hybridized carbons (Fsp3) is 0.440. The smallest absolute Gasteiger partial charge is 0.315 e. The van der Waals surface area contributed by atoms with Crippen molar-refractivity contribution < 1.29 is 14.0 Å². The van der Waals surface area contributed by atoms with Gasteiger partial charge in [0.25, 0.3) is 5.91 Å². The van der Waals surface area contributed by atoms with E-state index in [1.807, 2.05) is 6.07 Å². The highest BCUT2D eigenvalue weighted by molar-refractivity contribution is 5.94. The molecule has 1 heterocycles. The summed E-state index contributed by atoms with van der Waals surface area (Å²) < 4.78 is 13.9. The molecule has 2 N–H and O–H groups in total. The first-order chi connectivity index (χ1) is 15.1. The van der Waals surface area contributed by atoms with E-state index in [4.69, 9.17) is 0 Å². The molecule has 0 bridgehead atoms. The largest absolute Gasteiger partial charge is 0.338 e. The van der Waals surface area contributed by atoms with E-state index >= 15 is 0 Å². The highest BCUT2D eigenvalue weighted by Crippen LogP contribution is 2.40. The predicted octanol–water partition coefficient (Wildman–Crippen LogP) is 4.24. The average molecular weight is 424 g/mol. The van der Waals surface area contributed by atoms with Crippen LogP contribution in [0.25, 0.3) is 0 Å². The second-order valence-corrected chi connectivity index (χ2v) is 8.73. The Labute approximate surface area is 183 Å². The molecule has 2 aromatic rings. The van der Waals surface area contributed by atoms with E-state index < -0.39 is 5.82 Å². The van der Waals surface area contributed by atoms with Gasteiger partial charge < -0.3 is 15.5 Å². The summed E-state index contributed by atoms with van der Waals surface area (Å²) in [5, 5.41) is 6.16. The third-order valence-corrected chi connectivity index (χ3v) is 6.76. The van der Waals surface area contributed by atoms with Gasteiger partial charge in [-0.3, -0.25) is 4.79 Å². The quantitative estimate of drug-likeness (QED) is 0.756. The molecule has 164 valence electrons. The van der Waals surface area contributed by atoms with Crippen molar-refractivity contribution in [3.05, 3.63) is 71.5 Å². The Bertz CT molecular complexity index is 904. The Balaban J connectivity index is 1.27. The van der Waals surface area contributed by atoms with Crippen molar-refractivity contribution >= 4 is 11.9 Å². The van der Waals surface area contributed by atoms with Gasteiger partial charge in [-0.2, -0.15) is 0 Å². The predicted molar refractivity (Wildman–Crippen MR) is 118 cm³/mol. The summed E-state index contributed by atoms with van der Waals surface area (Å²) in [7, 11) is 0. The monoisotopic (exact) mass is 423 g/mol. The normalized spacial score (nSPS) is 18.5. The van der Waals surface area contributed by atoms with E-state index in [-0.39, 0.29) is 29.0 Å².